The summed E-state index contributed by atoms with van der Waals surface area (Å²) < 4.78 is 1.40. The second-order valence-corrected chi connectivity index (χ2v) is 5.44. The van der Waals surface area contributed by atoms with E-state index < -0.39 is 11.1 Å². The SMILES string of the molecule is CNCc1cccc(Cl)c1Sc1nc(=O)c(=O)[nH]n1C. The van der Waals surface area contributed by atoms with E-state index in [0.29, 0.717) is 16.7 Å². The molecule has 0 radical (unpaired) electrons. The van der Waals surface area contributed by atoms with Gasteiger partial charge in [0.1, 0.15) is 0 Å². The summed E-state index contributed by atoms with van der Waals surface area (Å²) in [5.41, 5.74) is -0.565. The molecule has 0 fully saturated rings. The highest BCUT2D eigenvalue weighted by Gasteiger charge is 2.12. The Morgan fingerprint density at radius 2 is 2.20 bits per heavy atom. The molecule has 106 valence electrons. The van der Waals surface area contributed by atoms with Gasteiger partial charge in [-0.1, -0.05) is 23.7 Å². The fourth-order valence-electron chi connectivity index (χ4n) is 1.64. The van der Waals surface area contributed by atoms with Gasteiger partial charge in [0.05, 0.1) is 5.02 Å². The van der Waals surface area contributed by atoms with Crippen LogP contribution in [0.15, 0.2) is 37.8 Å². The number of benzene rings is 1. The first-order valence-electron chi connectivity index (χ1n) is 5.80. The van der Waals surface area contributed by atoms with E-state index in [0.717, 1.165) is 10.5 Å². The maximum atomic E-state index is 11.4. The predicted molar refractivity (Wildman–Crippen MR) is 78.4 cm³/mol. The minimum absolute atomic E-state index is 0.375. The van der Waals surface area contributed by atoms with Gasteiger partial charge in [0.25, 0.3) is 0 Å². The van der Waals surface area contributed by atoms with Gasteiger partial charge in [0.2, 0.25) is 0 Å². The Morgan fingerprint density at radius 3 is 2.90 bits per heavy atom. The Kier molecular flexibility index (Phi) is 4.64. The molecule has 0 amide bonds. The van der Waals surface area contributed by atoms with Gasteiger partial charge < -0.3 is 5.32 Å². The summed E-state index contributed by atoms with van der Waals surface area (Å²) in [5.74, 6) is 0. The molecule has 0 saturated carbocycles. The molecule has 1 aromatic heterocycles. The van der Waals surface area contributed by atoms with Crippen molar-refractivity contribution in [3.8, 4) is 0 Å². The fraction of sp³-hybridized carbons (Fsp3) is 0.250. The first kappa shape index (κ1) is 14.8. The molecule has 0 aliphatic heterocycles. The van der Waals surface area contributed by atoms with Crippen LogP contribution in [0.2, 0.25) is 5.02 Å². The number of rotatable bonds is 4. The van der Waals surface area contributed by atoms with E-state index in [1.807, 2.05) is 19.2 Å². The lowest BCUT2D eigenvalue weighted by molar-refractivity contribution is 0.596. The van der Waals surface area contributed by atoms with Crippen LogP contribution in [0.1, 0.15) is 5.56 Å². The molecule has 0 spiro atoms. The average Bonchev–Trinajstić information content (AvgIpc) is 2.40. The molecule has 2 aromatic rings. The molecule has 8 heteroatoms. The maximum Gasteiger partial charge on any atom is 0.339 e. The molecule has 0 unspecified atom stereocenters. The van der Waals surface area contributed by atoms with E-state index in [1.54, 1.807) is 13.1 Å². The quantitative estimate of drug-likeness (QED) is 0.823. The van der Waals surface area contributed by atoms with Crippen molar-refractivity contribution in [3.63, 3.8) is 0 Å². The van der Waals surface area contributed by atoms with Gasteiger partial charge >= 0.3 is 11.1 Å². The van der Waals surface area contributed by atoms with Crippen molar-refractivity contribution in [2.45, 2.75) is 16.6 Å². The van der Waals surface area contributed by atoms with Crippen molar-refractivity contribution in [1.82, 2.24) is 20.1 Å². The first-order valence-corrected chi connectivity index (χ1v) is 6.99. The second kappa shape index (κ2) is 6.25. The maximum absolute atomic E-state index is 11.4. The van der Waals surface area contributed by atoms with Crippen molar-refractivity contribution in [3.05, 3.63) is 49.5 Å². The summed E-state index contributed by atoms with van der Waals surface area (Å²) in [7, 11) is 3.45. The molecular weight excluding hydrogens is 300 g/mol. The Hall–Kier alpha value is -1.57. The highest BCUT2D eigenvalue weighted by Crippen LogP contribution is 2.34. The third kappa shape index (κ3) is 3.12. The lowest BCUT2D eigenvalue weighted by Crippen LogP contribution is -2.33. The highest BCUT2D eigenvalue weighted by molar-refractivity contribution is 7.99. The van der Waals surface area contributed by atoms with E-state index >= 15 is 0 Å². The van der Waals surface area contributed by atoms with E-state index in [-0.39, 0.29) is 0 Å². The minimum atomic E-state index is -0.812. The van der Waals surface area contributed by atoms with E-state index in [4.69, 9.17) is 11.6 Å². The number of nitrogens with zero attached hydrogens (tertiary/aromatic N) is 2. The lowest BCUT2D eigenvalue weighted by Gasteiger charge is -2.11. The van der Waals surface area contributed by atoms with Gasteiger partial charge in [-0.05, 0) is 30.4 Å². The number of aromatic nitrogens is 3. The summed E-state index contributed by atoms with van der Waals surface area (Å²) in [6.45, 7) is 0.639. The summed E-state index contributed by atoms with van der Waals surface area (Å²) in [6, 6.07) is 5.57. The molecule has 1 heterocycles. The van der Waals surface area contributed by atoms with Gasteiger partial charge in [-0.3, -0.25) is 19.4 Å². The van der Waals surface area contributed by atoms with Crippen molar-refractivity contribution in [2.75, 3.05) is 7.05 Å². The highest BCUT2D eigenvalue weighted by atomic mass is 35.5. The second-order valence-electron chi connectivity index (χ2n) is 4.06. The molecule has 6 nitrogen and oxygen atoms in total. The molecule has 0 aliphatic carbocycles. The Morgan fingerprint density at radius 1 is 1.45 bits per heavy atom. The third-order valence-electron chi connectivity index (χ3n) is 2.56. The average molecular weight is 313 g/mol. The van der Waals surface area contributed by atoms with Gasteiger partial charge in [0, 0.05) is 18.5 Å². The zero-order valence-electron chi connectivity index (χ0n) is 10.9. The number of hydrogen-bond acceptors (Lipinski definition) is 5. The van der Waals surface area contributed by atoms with Gasteiger partial charge in [0.15, 0.2) is 5.16 Å². The van der Waals surface area contributed by atoms with Crippen LogP contribution in [0.3, 0.4) is 0 Å². The molecule has 0 aliphatic rings. The molecule has 0 atom stereocenters. The predicted octanol–water partition coefficient (Wildman–Crippen LogP) is 0.993. The van der Waals surface area contributed by atoms with Crippen LogP contribution in [0.25, 0.3) is 0 Å². The molecule has 20 heavy (non-hydrogen) atoms. The Bertz CT molecular complexity index is 741. The van der Waals surface area contributed by atoms with Crippen LogP contribution >= 0.6 is 23.4 Å². The number of H-pyrrole nitrogens is 1. The number of aromatic amines is 1. The number of aryl methyl sites for hydroxylation is 1. The molecule has 2 rings (SSSR count). The topological polar surface area (TPSA) is 79.8 Å². The van der Waals surface area contributed by atoms with Gasteiger partial charge in [-0.25, -0.2) is 0 Å². The number of nitrogens with one attached hydrogen (secondary N) is 2. The smallest absolute Gasteiger partial charge is 0.316 e. The monoisotopic (exact) mass is 312 g/mol. The van der Waals surface area contributed by atoms with E-state index in [2.05, 4.69) is 15.4 Å². The van der Waals surface area contributed by atoms with Gasteiger partial charge in [-0.2, -0.15) is 4.98 Å². The minimum Gasteiger partial charge on any atom is -0.316 e. The first-order chi connectivity index (χ1) is 9.52. The van der Waals surface area contributed by atoms with Crippen molar-refractivity contribution in [1.29, 1.82) is 0 Å². The van der Waals surface area contributed by atoms with Crippen LogP contribution < -0.4 is 16.4 Å². The zero-order valence-corrected chi connectivity index (χ0v) is 12.5. The van der Waals surface area contributed by atoms with E-state index in [9.17, 15) is 9.59 Å². The summed E-state index contributed by atoms with van der Waals surface area (Å²) >= 11 is 7.44. The lowest BCUT2D eigenvalue weighted by atomic mass is 10.2. The fourth-order valence-corrected chi connectivity index (χ4v) is 2.88. The van der Waals surface area contributed by atoms with Crippen LogP contribution in [-0.2, 0) is 13.6 Å². The number of hydrogen-bond donors (Lipinski definition) is 2. The van der Waals surface area contributed by atoms with Crippen LogP contribution in [0.5, 0.6) is 0 Å². The standard InChI is InChI=1S/C12H13ClN4O2S/c1-14-6-7-4-3-5-8(13)9(7)20-12-15-10(18)11(19)16-17(12)2/h3-5,14H,6H2,1-2H3,(H,16,19). The molecule has 0 saturated heterocycles. The summed E-state index contributed by atoms with van der Waals surface area (Å²) in [6.07, 6.45) is 0. The molecule has 0 bridgehead atoms. The summed E-state index contributed by atoms with van der Waals surface area (Å²) in [4.78, 5) is 27.1. The zero-order chi connectivity index (χ0) is 14.7. The van der Waals surface area contributed by atoms with Crippen molar-refractivity contribution >= 4 is 23.4 Å². The largest absolute Gasteiger partial charge is 0.339 e. The van der Waals surface area contributed by atoms with Crippen LogP contribution in [0.4, 0.5) is 0 Å². The molecule has 2 N–H and O–H groups in total. The van der Waals surface area contributed by atoms with Crippen LogP contribution in [0, 0.1) is 0 Å². The third-order valence-corrected chi connectivity index (χ3v) is 4.22. The van der Waals surface area contributed by atoms with Crippen LogP contribution in [-0.4, -0.2) is 21.8 Å². The normalized spacial score (nSPS) is 10.8. The van der Waals surface area contributed by atoms with Crippen molar-refractivity contribution in [2.24, 2.45) is 7.05 Å². The Balaban J connectivity index is 2.47. The van der Waals surface area contributed by atoms with E-state index in [1.165, 1.54) is 16.4 Å². The summed E-state index contributed by atoms with van der Waals surface area (Å²) in [5, 5.41) is 6.41. The number of halogens is 1. The van der Waals surface area contributed by atoms with Crippen molar-refractivity contribution < 1.29 is 0 Å². The molecular formula is C12H13ClN4O2S. The Labute approximate surface area is 124 Å². The van der Waals surface area contributed by atoms with Gasteiger partial charge in [-0.15, -0.1) is 0 Å². The molecule has 1 aromatic carbocycles.